The molecule has 0 saturated carbocycles. The molecule has 0 saturated heterocycles. The van der Waals surface area contributed by atoms with Gasteiger partial charge in [-0.3, -0.25) is 0 Å². The Labute approximate surface area is 112 Å². The molecule has 3 heterocycles. The van der Waals surface area contributed by atoms with Crippen LogP contribution in [0.5, 0.6) is 0 Å². The first-order valence-electron chi connectivity index (χ1n) is 5.52. The van der Waals surface area contributed by atoms with E-state index in [2.05, 4.69) is 10.2 Å². The van der Waals surface area contributed by atoms with E-state index in [9.17, 15) is 9.90 Å². The largest absolute Gasteiger partial charge is 0.479 e. The molecule has 0 fully saturated rings. The summed E-state index contributed by atoms with van der Waals surface area (Å²) in [5.41, 5.74) is 0.895. The van der Waals surface area contributed by atoms with Crippen molar-refractivity contribution in [3.63, 3.8) is 0 Å². The summed E-state index contributed by atoms with van der Waals surface area (Å²) in [7, 11) is 0. The van der Waals surface area contributed by atoms with Gasteiger partial charge >= 0.3 is 5.97 Å². The second-order valence-corrected chi connectivity index (χ2v) is 6.25. The molecule has 0 amide bonds. The predicted molar refractivity (Wildman–Crippen MR) is 70.4 cm³/mol. The Morgan fingerprint density at radius 2 is 2.39 bits per heavy atom. The number of aryl methyl sites for hydroxylation is 1. The molecular formula is C11H11N3O2S2. The van der Waals surface area contributed by atoms with Crippen molar-refractivity contribution in [1.29, 1.82) is 0 Å². The lowest BCUT2D eigenvalue weighted by molar-refractivity contribution is -0.138. The number of hydrogen-bond donors (Lipinski definition) is 1. The van der Waals surface area contributed by atoms with Crippen molar-refractivity contribution in [3.05, 3.63) is 26.9 Å². The number of rotatable bonds is 2. The second-order valence-electron chi connectivity index (χ2n) is 4.09. The highest BCUT2D eigenvalue weighted by Crippen LogP contribution is 2.37. The molecule has 1 unspecified atom stereocenters. The van der Waals surface area contributed by atoms with Crippen molar-refractivity contribution in [2.75, 3.05) is 11.4 Å². The smallest absolute Gasteiger partial charge is 0.331 e. The van der Waals surface area contributed by atoms with Gasteiger partial charge in [0.2, 0.25) is 5.13 Å². The number of carboxylic acid groups (broad SMARTS) is 1. The third-order valence-electron chi connectivity index (χ3n) is 2.96. The minimum Gasteiger partial charge on any atom is -0.479 e. The number of anilines is 1. The van der Waals surface area contributed by atoms with E-state index in [0.29, 0.717) is 11.7 Å². The van der Waals surface area contributed by atoms with Gasteiger partial charge in [-0.05, 0) is 30.4 Å². The summed E-state index contributed by atoms with van der Waals surface area (Å²) in [5.74, 6) is -0.831. The highest BCUT2D eigenvalue weighted by molar-refractivity contribution is 7.15. The van der Waals surface area contributed by atoms with E-state index in [1.807, 2.05) is 23.3 Å². The maximum absolute atomic E-state index is 11.5. The van der Waals surface area contributed by atoms with Crippen molar-refractivity contribution in [3.8, 4) is 0 Å². The topological polar surface area (TPSA) is 66.3 Å². The van der Waals surface area contributed by atoms with Crippen LogP contribution in [0.4, 0.5) is 5.13 Å². The van der Waals surface area contributed by atoms with Crippen LogP contribution in [0, 0.1) is 6.92 Å². The number of carboxylic acids is 1. The molecule has 18 heavy (non-hydrogen) atoms. The van der Waals surface area contributed by atoms with E-state index < -0.39 is 12.0 Å². The normalized spacial score (nSPS) is 18.7. The van der Waals surface area contributed by atoms with Crippen LogP contribution in [0.25, 0.3) is 0 Å². The maximum atomic E-state index is 11.5. The average molecular weight is 281 g/mol. The summed E-state index contributed by atoms with van der Waals surface area (Å²) in [6.07, 6.45) is 0.870. The van der Waals surface area contributed by atoms with Gasteiger partial charge in [-0.25, -0.2) is 4.79 Å². The fraction of sp³-hybridized carbons (Fsp3) is 0.364. The molecule has 5 nitrogen and oxygen atoms in total. The molecule has 0 bridgehead atoms. The van der Waals surface area contributed by atoms with E-state index in [1.54, 1.807) is 11.3 Å². The van der Waals surface area contributed by atoms with Crippen LogP contribution >= 0.6 is 22.7 Å². The first-order chi connectivity index (χ1) is 8.66. The molecule has 0 spiro atoms. The van der Waals surface area contributed by atoms with Gasteiger partial charge in [0, 0.05) is 11.4 Å². The van der Waals surface area contributed by atoms with Crippen LogP contribution < -0.4 is 4.90 Å². The summed E-state index contributed by atoms with van der Waals surface area (Å²) in [6, 6.07) is 1.27. The number of hydrogen-bond acceptors (Lipinski definition) is 6. The van der Waals surface area contributed by atoms with E-state index in [-0.39, 0.29) is 0 Å². The fourth-order valence-corrected chi connectivity index (χ4v) is 3.84. The van der Waals surface area contributed by atoms with Crippen LogP contribution in [-0.4, -0.2) is 27.8 Å². The van der Waals surface area contributed by atoms with Gasteiger partial charge < -0.3 is 10.0 Å². The van der Waals surface area contributed by atoms with Gasteiger partial charge in [-0.1, -0.05) is 11.3 Å². The van der Waals surface area contributed by atoms with Crippen LogP contribution in [0.2, 0.25) is 0 Å². The van der Waals surface area contributed by atoms with Gasteiger partial charge in [0.1, 0.15) is 5.01 Å². The van der Waals surface area contributed by atoms with Crippen molar-refractivity contribution in [2.24, 2.45) is 0 Å². The van der Waals surface area contributed by atoms with Crippen molar-refractivity contribution < 1.29 is 9.90 Å². The highest BCUT2D eigenvalue weighted by Gasteiger charge is 2.35. The summed E-state index contributed by atoms with van der Waals surface area (Å²) >= 11 is 3.06. The van der Waals surface area contributed by atoms with Crippen LogP contribution in [0.3, 0.4) is 0 Å². The first kappa shape index (κ1) is 11.6. The summed E-state index contributed by atoms with van der Waals surface area (Å²) < 4.78 is 0. The Morgan fingerprint density at radius 3 is 3.06 bits per heavy atom. The lowest BCUT2D eigenvalue weighted by Crippen LogP contribution is -2.39. The van der Waals surface area contributed by atoms with Gasteiger partial charge in [0.15, 0.2) is 6.04 Å². The summed E-state index contributed by atoms with van der Waals surface area (Å²) in [6.45, 7) is 2.55. The minimum absolute atomic E-state index is 0.632. The third-order valence-corrected chi connectivity index (χ3v) is 4.83. The SMILES string of the molecule is Cc1nnc(N2CCc3sccc3C2C(=O)O)s1. The first-order valence-corrected chi connectivity index (χ1v) is 7.22. The Hall–Kier alpha value is -1.47. The lowest BCUT2D eigenvalue weighted by atomic mass is 10.0. The van der Waals surface area contributed by atoms with Crippen molar-refractivity contribution in [1.82, 2.24) is 10.2 Å². The molecule has 2 aromatic rings. The number of fused-ring (bicyclic) bond motifs is 1. The Kier molecular flexibility index (Phi) is 2.79. The van der Waals surface area contributed by atoms with Gasteiger partial charge in [-0.2, -0.15) is 0 Å². The molecule has 7 heteroatoms. The van der Waals surface area contributed by atoms with E-state index in [4.69, 9.17) is 0 Å². The molecule has 1 N–H and O–H groups in total. The number of aliphatic carboxylic acids is 1. The molecule has 1 atom stereocenters. The highest BCUT2D eigenvalue weighted by atomic mass is 32.1. The van der Waals surface area contributed by atoms with Crippen LogP contribution in [0.1, 0.15) is 21.5 Å². The number of aromatic nitrogens is 2. The standard InChI is InChI=1S/C11H11N3O2S2/c1-6-12-13-11(18-6)14-4-2-8-7(3-5-17-8)9(14)10(15)16/h3,5,9H,2,4H2,1H3,(H,15,16). The minimum atomic E-state index is -0.831. The van der Waals surface area contributed by atoms with Gasteiger partial charge in [-0.15, -0.1) is 21.5 Å². The molecule has 94 valence electrons. The third kappa shape index (κ3) is 1.79. The van der Waals surface area contributed by atoms with E-state index >= 15 is 0 Å². The Bertz CT molecular complexity index is 593. The van der Waals surface area contributed by atoms with E-state index in [1.165, 1.54) is 16.2 Å². The molecule has 3 rings (SSSR count). The quantitative estimate of drug-likeness (QED) is 0.913. The lowest BCUT2D eigenvalue weighted by Gasteiger charge is -2.32. The number of thiophene rings is 1. The molecule has 1 aliphatic heterocycles. The second kappa shape index (κ2) is 4.33. The summed E-state index contributed by atoms with van der Waals surface area (Å²) in [4.78, 5) is 14.5. The monoisotopic (exact) mass is 281 g/mol. The molecule has 2 aromatic heterocycles. The van der Waals surface area contributed by atoms with E-state index in [0.717, 1.165) is 17.0 Å². The molecule has 0 aliphatic carbocycles. The van der Waals surface area contributed by atoms with Crippen LogP contribution in [-0.2, 0) is 11.2 Å². The molecular weight excluding hydrogens is 270 g/mol. The zero-order valence-electron chi connectivity index (χ0n) is 9.66. The molecule has 1 aliphatic rings. The van der Waals surface area contributed by atoms with Crippen molar-refractivity contribution >= 4 is 33.8 Å². The molecule has 0 aromatic carbocycles. The van der Waals surface area contributed by atoms with Crippen LogP contribution in [0.15, 0.2) is 11.4 Å². The fourth-order valence-electron chi connectivity index (χ4n) is 2.19. The number of carbonyl (C=O) groups is 1. The number of nitrogens with zero attached hydrogens (tertiary/aromatic N) is 3. The zero-order chi connectivity index (χ0) is 12.7. The Balaban J connectivity index is 2.03. The average Bonchev–Trinajstić information content (AvgIpc) is 2.95. The summed E-state index contributed by atoms with van der Waals surface area (Å²) in [5, 5.41) is 21.0. The maximum Gasteiger partial charge on any atom is 0.331 e. The van der Waals surface area contributed by atoms with Crippen molar-refractivity contribution in [2.45, 2.75) is 19.4 Å². The van der Waals surface area contributed by atoms with Gasteiger partial charge in [0.05, 0.1) is 0 Å². The Morgan fingerprint density at radius 1 is 1.56 bits per heavy atom. The molecule has 0 radical (unpaired) electrons. The predicted octanol–water partition coefficient (Wildman–Crippen LogP) is 2.10. The zero-order valence-corrected chi connectivity index (χ0v) is 11.3. The van der Waals surface area contributed by atoms with Gasteiger partial charge in [0.25, 0.3) is 0 Å².